The van der Waals surface area contributed by atoms with Gasteiger partial charge in [0.05, 0.1) is 5.92 Å². The molecule has 2 aromatic rings. The van der Waals surface area contributed by atoms with Crippen LogP contribution >= 0.6 is 11.8 Å². The normalized spacial score (nSPS) is 11.9. The predicted molar refractivity (Wildman–Crippen MR) is 94.8 cm³/mol. The maximum atomic E-state index is 13.5. The Hall–Kier alpha value is -2.01. The first-order chi connectivity index (χ1) is 11.6. The van der Waals surface area contributed by atoms with Crippen LogP contribution in [0, 0.1) is 11.7 Å². The van der Waals surface area contributed by atoms with Crippen molar-refractivity contribution < 1.29 is 19.0 Å². The van der Waals surface area contributed by atoms with Crippen molar-refractivity contribution in [1.29, 1.82) is 0 Å². The molecule has 0 saturated carbocycles. The first-order valence-corrected chi connectivity index (χ1v) is 9.01. The Bertz CT molecular complexity index is 658. The summed E-state index contributed by atoms with van der Waals surface area (Å²) in [5.74, 6) is 0.757. The molecular formula is C19H21FO3S. The Morgan fingerprint density at radius 1 is 1.21 bits per heavy atom. The lowest BCUT2D eigenvalue weighted by atomic mass is 10.1. The third-order valence-electron chi connectivity index (χ3n) is 3.71. The number of aliphatic carboxylic acids is 1. The summed E-state index contributed by atoms with van der Waals surface area (Å²) in [5.41, 5.74) is 1.63. The Morgan fingerprint density at radius 2 is 1.92 bits per heavy atom. The summed E-state index contributed by atoms with van der Waals surface area (Å²) in [7, 11) is 0. The van der Waals surface area contributed by atoms with E-state index in [9.17, 15) is 9.18 Å². The van der Waals surface area contributed by atoms with Crippen LogP contribution in [0.25, 0.3) is 0 Å². The third-order valence-corrected chi connectivity index (χ3v) is 4.88. The van der Waals surface area contributed by atoms with E-state index in [1.807, 2.05) is 31.2 Å². The number of carboxylic acids is 1. The van der Waals surface area contributed by atoms with Crippen molar-refractivity contribution in [2.75, 3.05) is 5.75 Å². The number of hydrogen-bond acceptors (Lipinski definition) is 3. The van der Waals surface area contributed by atoms with E-state index in [0.29, 0.717) is 23.5 Å². The number of benzene rings is 2. The molecule has 1 atom stereocenters. The molecule has 0 aliphatic rings. The molecule has 0 saturated heterocycles. The van der Waals surface area contributed by atoms with Crippen LogP contribution in [-0.4, -0.2) is 16.8 Å². The van der Waals surface area contributed by atoms with E-state index < -0.39 is 5.97 Å². The minimum atomic E-state index is -0.734. The summed E-state index contributed by atoms with van der Waals surface area (Å²) in [6.45, 7) is 2.08. The van der Waals surface area contributed by atoms with Gasteiger partial charge in [0.1, 0.15) is 18.2 Å². The fourth-order valence-electron chi connectivity index (χ4n) is 2.14. The monoisotopic (exact) mass is 348 g/mol. The second-order valence-corrected chi connectivity index (χ2v) is 6.51. The molecule has 0 heterocycles. The highest BCUT2D eigenvalue weighted by atomic mass is 32.2. The Morgan fingerprint density at radius 3 is 2.54 bits per heavy atom. The maximum Gasteiger partial charge on any atom is 0.307 e. The van der Waals surface area contributed by atoms with E-state index in [-0.39, 0.29) is 18.3 Å². The molecule has 2 rings (SSSR count). The SMILES string of the molecule is CCC(CSCc1ccc(OCc2ccccc2F)cc1)C(=O)O. The van der Waals surface area contributed by atoms with Gasteiger partial charge in [-0.25, -0.2) is 4.39 Å². The summed E-state index contributed by atoms with van der Waals surface area (Å²) in [6, 6.07) is 14.2. The van der Waals surface area contributed by atoms with Crippen molar-refractivity contribution in [2.45, 2.75) is 25.7 Å². The van der Waals surface area contributed by atoms with Gasteiger partial charge in [0.15, 0.2) is 0 Å². The van der Waals surface area contributed by atoms with E-state index in [1.165, 1.54) is 6.07 Å². The smallest absolute Gasteiger partial charge is 0.307 e. The Kier molecular flexibility index (Phi) is 7.12. The minimum absolute atomic E-state index is 0.192. The molecule has 0 aliphatic heterocycles. The number of carbonyl (C=O) groups is 1. The van der Waals surface area contributed by atoms with Crippen LogP contribution in [0.4, 0.5) is 4.39 Å². The van der Waals surface area contributed by atoms with E-state index in [2.05, 4.69) is 0 Å². The lowest BCUT2D eigenvalue weighted by molar-refractivity contribution is -0.140. The lowest BCUT2D eigenvalue weighted by Crippen LogP contribution is -2.15. The molecule has 0 aliphatic carbocycles. The largest absolute Gasteiger partial charge is 0.489 e. The molecule has 0 fully saturated rings. The molecule has 2 aromatic carbocycles. The first-order valence-electron chi connectivity index (χ1n) is 7.85. The highest BCUT2D eigenvalue weighted by Crippen LogP contribution is 2.21. The summed E-state index contributed by atoms with van der Waals surface area (Å²) >= 11 is 1.61. The summed E-state index contributed by atoms with van der Waals surface area (Å²) in [6.07, 6.45) is 0.644. The number of ether oxygens (including phenoxy) is 1. The van der Waals surface area contributed by atoms with E-state index in [1.54, 1.807) is 30.0 Å². The van der Waals surface area contributed by atoms with Crippen LogP contribution in [0.1, 0.15) is 24.5 Å². The number of rotatable bonds is 9. The van der Waals surface area contributed by atoms with Crippen LogP contribution in [0.15, 0.2) is 48.5 Å². The van der Waals surface area contributed by atoms with Gasteiger partial charge in [-0.2, -0.15) is 11.8 Å². The van der Waals surface area contributed by atoms with Gasteiger partial charge in [-0.3, -0.25) is 4.79 Å². The average molecular weight is 348 g/mol. The number of carboxylic acid groups (broad SMARTS) is 1. The molecule has 3 nitrogen and oxygen atoms in total. The van der Waals surface area contributed by atoms with Crippen LogP contribution in [-0.2, 0) is 17.2 Å². The predicted octanol–water partition coefficient (Wildman–Crippen LogP) is 4.75. The van der Waals surface area contributed by atoms with Crippen LogP contribution < -0.4 is 4.74 Å². The third kappa shape index (κ3) is 5.57. The van der Waals surface area contributed by atoms with E-state index in [4.69, 9.17) is 9.84 Å². The lowest BCUT2D eigenvalue weighted by Gasteiger charge is -2.10. The second-order valence-electron chi connectivity index (χ2n) is 5.48. The Balaban J connectivity index is 1.80. The van der Waals surface area contributed by atoms with Gasteiger partial charge < -0.3 is 9.84 Å². The molecule has 24 heavy (non-hydrogen) atoms. The van der Waals surface area contributed by atoms with Crippen molar-refractivity contribution in [3.8, 4) is 5.75 Å². The number of halogens is 1. The van der Waals surface area contributed by atoms with Crippen LogP contribution in [0.2, 0.25) is 0 Å². The van der Waals surface area contributed by atoms with Crippen molar-refractivity contribution in [2.24, 2.45) is 5.92 Å². The van der Waals surface area contributed by atoms with E-state index in [0.717, 1.165) is 11.3 Å². The topological polar surface area (TPSA) is 46.5 Å². The minimum Gasteiger partial charge on any atom is -0.489 e. The standard InChI is InChI=1S/C19H21FO3S/c1-2-15(19(21)22)13-24-12-14-7-9-17(10-8-14)23-11-16-5-3-4-6-18(16)20/h3-10,15H,2,11-13H2,1H3,(H,21,22). The van der Waals surface area contributed by atoms with Crippen molar-refractivity contribution in [1.82, 2.24) is 0 Å². The van der Waals surface area contributed by atoms with Crippen molar-refractivity contribution in [3.05, 3.63) is 65.5 Å². The molecule has 0 aromatic heterocycles. The van der Waals surface area contributed by atoms with Gasteiger partial charge >= 0.3 is 5.97 Å². The summed E-state index contributed by atoms with van der Waals surface area (Å²) < 4.78 is 19.1. The molecule has 1 unspecified atom stereocenters. The highest BCUT2D eigenvalue weighted by Gasteiger charge is 2.14. The molecule has 0 spiro atoms. The second kappa shape index (κ2) is 9.33. The zero-order valence-corrected chi connectivity index (χ0v) is 14.4. The van der Waals surface area contributed by atoms with Crippen molar-refractivity contribution >= 4 is 17.7 Å². The van der Waals surface area contributed by atoms with Gasteiger partial charge in [0, 0.05) is 17.1 Å². The van der Waals surface area contributed by atoms with E-state index >= 15 is 0 Å². The highest BCUT2D eigenvalue weighted by molar-refractivity contribution is 7.98. The van der Waals surface area contributed by atoms with Crippen LogP contribution in [0.3, 0.4) is 0 Å². The summed E-state index contributed by atoms with van der Waals surface area (Å²) in [4.78, 5) is 11.0. The number of hydrogen-bond donors (Lipinski definition) is 1. The zero-order valence-electron chi connectivity index (χ0n) is 13.6. The molecule has 0 amide bonds. The van der Waals surface area contributed by atoms with Gasteiger partial charge in [0.25, 0.3) is 0 Å². The van der Waals surface area contributed by atoms with Gasteiger partial charge in [-0.1, -0.05) is 37.3 Å². The molecule has 5 heteroatoms. The fourth-order valence-corrected chi connectivity index (χ4v) is 3.35. The van der Waals surface area contributed by atoms with Gasteiger partial charge in [-0.05, 0) is 30.2 Å². The maximum absolute atomic E-state index is 13.5. The van der Waals surface area contributed by atoms with Gasteiger partial charge in [-0.15, -0.1) is 0 Å². The molecule has 128 valence electrons. The zero-order chi connectivity index (χ0) is 17.4. The van der Waals surface area contributed by atoms with Gasteiger partial charge in [0.2, 0.25) is 0 Å². The van der Waals surface area contributed by atoms with Crippen molar-refractivity contribution in [3.63, 3.8) is 0 Å². The number of thioether (sulfide) groups is 1. The molecule has 0 bridgehead atoms. The first kappa shape index (κ1) is 18.3. The average Bonchev–Trinajstić information content (AvgIpc) is 2.59. The van der Waals surface area contributed by atoms with Crippen LogP contribution in [0.5, 0.6) is 5.75 Å². The fraction of sp³-hybridized carbons (Fsp3) is 0.316. The quantitative estimate of drug-likeness (QED) is 0.710. The molecular weight excluding hydrogens is 327 g/mol. The molecule has 0 radical (unpaired) electrons. The Labute approximate surface area is 145 Å². The summed E-state index contributed by atoms with van der Waals surface area (Å²) in [5, 5.41) is 9.02. The molecule has 1 N–H and O–H groups in total.